The van der Waals surface area contributed by atoms with Crippen molar-refractivity contribution < 1.29 is 19.1 Å². The molecule has 0 saturated carbocycles. The van der Waals surface area contributed by atoms with Crippen LogP contribution in [0.4, 0.5) is 23.1 Å². The zero-order valence-electron chi connectivity index (χ0n) is 25.5. The van der Waals surface area contributed by atoms with Crippen molar-refractivity contribution in [2.45, 2.75) is 20.0 Å². The van der Waals surface area contributed by atoms with Crippen molar-refractivity contribution in [2.75, 3.05) is 56.9 Å². The van der Waals surface area contributed by atoms with Gasteiger partial charge in [-0.1, -0.05) is 6.58 Å². The highest BCUT2D eigenvalue weighted by Gasteiger charge is 2.24. The molecule has 0 aliphatic heterocycles. The first kappa shape index (κ1) is 30.9. The van der Waals surface area contributed by atoms with Gasteiger partial charge >= 0.3 is 5.97 Å². The Kier molecular flexibility index (Phi) is 9.56. The number of carbonyl (C=O) groups excluding carboxylic acids is 2. The molecule has 226 valence electrons. The topological polar surface area (TPSA) is 140 Å². The minimum atomic E-state index is -0.553. The van der Waals surface area contributed by atoms with Crippen molar-refractivity contribution in [1.82, 2.24) is 29.4 Å². The van der Waals surface area contributed by atoms with E-state index in [4.69, 9.17) is 14.5 Å². The van der Waals surface area contributed by atoms with Gasteiger partial charge in [-0.25, -0.2) is 14.8 Å². The second kappa shape index (κ2) is 13.3. The summed E-state index contributed by atoms with van der Waals surface area (Å²) in [6.45, 7) is 8.52. The van der Waals surface area contributed by atoms with E-state index in [9.17, 15) is 9.59 Å². The summed E-state index contributed by atoms with van der Waals surface area (Å²) in [5.74, 6) is -0.0180. The van der Waals surface area contributed by atoms with Crippen LogP contribution < -0.4 is 20.3 Å². The summed E-state index contributed by atoms with van der Waals surface area (Å²) < 4.78 is 13.0. The van der Waals surface area contributed by atoms with Crippen LogP contribution in [0, 0.1) is 0 Å². The van der Waals surface area contributed by atoms with Crippen LogP contribution in [0.5, 0.6) is 5.88 Å². The first-order valence-electron chi connectivity index (χ1n) is 13.7. The Hall–Kier alpha value is -5.04. The van der Waals surface area contributed by atoms with Gasteiger partial charge in [-0.05, 0) is 52.2 Å². The predicted molar refractivity (Wildman–Crippen MR) is 167 cm³/mol. The number of anilines is 4. The van der Waals surface area contributed by atoms with Gasteiger partial charge in [0.2, 0.25) is 17.7 Å². The quantitative estimate of drug-likeness (QED) is 0.184. The largest absolute Gasteiger partial charge is 0.479 e. The third-order valence-electron chi connectivity index (χ3n) is 6.45. The number of aromatic nitrogens is 5. The number of pyridine rings is 2. The standard InChI is InChI=1S/C30H37N9O4/c1-9-24(40)33-21-15-22(28(42-8)36-27(21)38(6)14-13-37(4)5)34-30-32-16-19(29(41)43-18(2)3)25(35-30)20-17-39(7)23-11-10-12-31-26(20)23/h9-12,15-18H,1,13-14H2,2-8H3,(H,33,40)(H,32,34,35). The maximum Gasteiger partial charge on any atom is 0.342 e. The van der Waals surface area contributed by atoms with E-state index in [1.807, 2.05) is 60.9 Å². The van der Waals surface area contributed by atoms with Crippen molar-refractivity contribution in [3.63, 3.8) is 0 Å². The Labute approximate surface area is 250 Å². The van der Waals surface area contributed by atoms with Crippen LogP contribution in [0.3, 0.4) is 0 Å². The molecular weight excluding hydrogens is 550 g/mol. The average Bonchev–Trinajstić information content (AvgIpc) is 3.31. The van der Waals surface area contributed by atoms with Crippen LogP contribution in [0.2, 0.25) is 0 Å². The molecule has 0 aliphatic rings. The molecule has 0 spiro atoms. The number of methoxy groups -OCH3 is 1. The van der Waals surface area contributed by atoms with Crippen LogP contribution in [0.25, 0.3) is 22.3 Å². The Balaban J connectivity index is 1.82. The fourth-order valence-electron chi connectivity index (χ4n) is 4.34. The summed E-state index contributed by atoms with van der Waals surface area (Å²) in [6.07, 6.45) is 5.81. The highest BCUT2D eigenvalue weighted by atomic mass is 16.5. The molecule has 2 N–H and O–H groups in total. The lowest BCUT2D eigenvalue weighted by atomic mass is 10.1. The van der Waals surface area contributed by atoms with E-state index >= 15 is 0 Å². The lowest BCUT2D eigenvalue weighted by Gasteiger charge is -2.24. The molecule has 0 fully saturated rings. The Bertz CT molecular complexity index is 1650. The molecular formula is C30H37N9O4. The predicted octanol–water partition coefficient (Wildman–Crippen LogP) is 3.87. The van der Waals surface area contributed by atoms with Crippen molar-refractivity contribution >= 4 is 46.1 Å². The molecule has 13 nitrogen and oxygen atoms in total. The van der Waals surface area contributed by atoms with Gasteiger partial charge in [0.1, 0.15) is 11.3 Å². The van der Waals surface area contributed by atoms with Crippen molar-refractivity contribution in [3.8, 4) is 17.1 Å². The van der Waals surface area contributed by atoms with E-state index in [0.717, 1.165) is 12.1 Å². The van der Waals surface area contributed by atoms with Crippen molar-refractivity contribution in [1.29, 1.82) is 0 Å². The zero-order valence-corrected chi connectivity index (χ0v) is 25.5. The molecule has 0 saturated heterocycles. The lowest BCUT2D eigenvalue weighted by Crippen LogP contribution is -2.30. The van der Waals surface area contributed by atoms with Crippen LogP contribution in [0.15, 0.2) is 49.4 Å². The number of fused-ring (bicyclic) bond motifs is 1. The molecule has 0 unspecified atom stereocenters. The highest BCUT2D eigenvalue weighted by Crippen LogP contribution is 2.36. The number of carbonyl (C=O) groups is 2. The third-order valence-corrected chi connectivity index (χ3v) is 6.45. The molecule has 43 heavy (non-hydrogen) atoms. The number of likely N-dealkylation sites (N-methyl/N-ethyl adjacent to an activating group) is 2. The molecule has 4 aromatic rings. The number of hydrogen-bond donors (Lipinski definition) is 2. The fraction of sp³-hybridized carbons (Fsp3) is 0.333. The second-order valence-electron chi connectivity index (χ2n) is 10.4. The zero-order chi connectivity index (χ0) is 31.3. The minimum absolute atomic E-state index is 0.166. The van der Waals surface area contributed by atoms with E-state index in [0.29, 0.717) is 40.5 Å². The number of amides is 1. The Morgan fingerprint density at radius 2 is 1.91 bits per heavy atom. The number of ether oxygens (including phenoxy) is 2. The van der Waals surface area contributed by atoms with Gasteiger partial charge in [-0.3, -0.25) is 9.78 Å². The minimum Gasteiger partial charge on any atom is -0.479 e. The van der Waals surface area contributed by atoms with Gasteiger partial charge in [0.05, 0.1) is 35.6 Å². The second-order valence-corrected chi connectivity index (χ2v) is 10.4. The molecule has 13 heteroatoms. The van der Waals surface area contributed by atoms with Crippen molar-refractivity contribution in [2.24, 2.45) is 7.05 Å². The lowest BCUT2D eigenvalue weighted by molar-refractivity contribution is -0.111. The summed E-state index contributed by atoms with van der Waals surface area (Å²) in [5.41, 5.74) is 3.56. The van der Waals surface area contributed by atoms with Crippen LogP contribution in [-0.2, 0) is 16.6 Å². The number of hydrogen-bond acceptors (Lipinski definition) is 11. The molecule has 1 amide bonds. The molecule has 4 heterocycles. The van der Waals surface area contributed by atoms with Crippen LogP contribution in [0.1, 0.15) is 24.2 Å². The summed E-state index contributed by atoms with van der Waals surface area (Å²) in [7, 11) is 9.23. The van der Waals surface area contributed by atoms with E-state index in [1.165, 1.54) is 19.4 Å². The molecule has 4 rings (SSSR count). The molecule has 0 aliphatic carbocycles. The Morgan fingerprint density at radius 3 is 2.58 bits per heavy atom. The smallest absolute Gasteiger partial charge is 0.342 e. The molecule has 0 atom stereocenters. The SMILES string of the molecule is C=CC(=O)Nc1cc(Nc2ncc(C(=O)OC(C)C)c(-c3cn(C)c4cccnc34)n2)c(OC)nc1N(C)CCN(C)C. The summed E-state index contributed by atoms with van der Waals surface area (Å²) in [6, 6.07) is 5.47. The maximum absolute atomic E-state index is 13.1. The van der Waals surface area contributed by atoms with E-state index in [2.05, 4.69) is 32.2 Å². The van der Waals surface area contributed by atoms with Gasteiger partial charge in [0.25, 0.3) is 0 Å². The number of aryl methyl sites for hydroxylation is 1. The van der Waals surface area contributed by atoms with Crippen molar-refractivity contribution in [3.05, 3.63) is 55.0 Å². The highest BCUT2D eigenvalue weighted by molar-refractivity contribution is 6.02. The summed E-state index contributed by atoms with van der Waals surface area (Å²) in [4.78, 5) is 47.8. The monoisotopic (exact) mass is 587 g/mol. The van der Waals surface area contributed by atoms with Gasteiger partial charge in [-0.2, -0.15) is 4.98 Å². The van der Waals surface area contributed by atoms with E-state index in [1.54, 1.807) is 26.1 Å². The number of nitrogens with one attached hydrogen (secondary N) is 2. The van der Waals surface area contributed by atoms with E-state index in [-0.39, 0.29) is 23.5 Å². The first-order valence-corrected chi connectivity index (χ1v) is 13.7. The van der Waals surface area contributed by atoms with Gasteiger partial charge < -0.3 is 34.5 Å². The van der Waals surface area contributed by atoms with Gasteiger partial charge in [0.15, 0.2) is 5.82 Å². The maximum atomic E-state index is 13.1. The molecule has 4 aromatic heterocycles. The number of rotatable bonds is 12. The molecule has 0 radical (unpaired) electrons. The average molecular weight is 588 g/mol. The molecule has 0 aromatic carbocycles. The summed E-state index contributed by atoms with van der Waals surface area (Å²) >= 11 is 0. The first-order chi connectivity index (χ1) is 20.5. The third kappa shape index (κ3) is 7.07. The molecule has 0 bridgehead atoms. The normalized spacial score (nSPS) is 11.1. The van der Waals surface area contributed by atoms with Crippen LogP contribution >= 0.6 is 0 Å². The summed E-state index contributed by atoms with van der Waals surface area (Å²) in [5, 5.41) is 5.98. The van der Waals surface area contributed by atoms with Gasteiger partial charge in [0, 0.05) is 51.3 Å². The van der Waals surface area contributed by atoms with E-state index < -0.39 is 11.9 Å². The number of nitrogens with zero attached hydrogens (tertiary/aromatic N) is 7. The number of esters is 1. The Morgan fingerprint density at radius 1 is 1.14 bits per heavy atom. The van der Waals surface area contributed by atoms with Crippen LogP contribution in [-0.4, -0.2) is 88.7 Å². The van der Waals surface area contributed by atoms with Gasteiger partial charge in [-0.15, -0.1) is 0 Å². The fourth-order valence-corrected chi connectivity index (χ4v) is 4.34.